The molecule has 0 heterocycles. The van der Waals surface area contributed by atoms with E-state index in [1.807, 2.05) is 0 Å². The summed E-state index contributed by atoms with van der Waals surface area (Å²) in [5, 5.41) is 5.41. The molecule has 0 aliphatic rings. The van der Waals surface area contributed by atoms with Gasteiger partial charge in [-0.15, -0.1) is 0 Å². The Kier molecular flexibility index (Phi) is 8.81. The van der Waals surface area contributed by atoms with Gasteiger partial charge in [-0.3, -0.25) is 5.43 Å². The highest BCUT2D eigenvalue weighted by Gasteiger charge is 1.94. The third kappa shape index (κ3) is 6.54. The number of rotatable bonds is 8. The van der Waals surface area contributed by atoms with Crippen molar-refractivity contribution in [2.45, 2.75) is 13.8 Å². The molecule has 0 amide bonds. The van der Waals surface area contributed by atoms with Crippen molar-refractivity contribution in [1.29, 1.82) is 0 Å². The molecule has 0 aliphatic carbocycles. The van der Waals surface area contributed by atoms with Crippen LogP contribution in [0.1, 0.15) is 13.8 Å². The Bertz CT molecular complexity index is 83.1. The van der Waals surface area contributed by atoms with Gasteiger partial charge >= 0.3 is 0 Å². The van der Waals surface area contributed by atoms with Gasteiger partial charge in [-0.2, -0.15) is 0 Å². The van der Waals surface area contributed by atoms with Crippen molar-refractivity contribution in [2.24, 2.45) is 5.73 Å². The van der Waals surface area contributed by atoms with Crippen molar-refractivity contribution in [3.05, 3.63) is 0 Å². The molecule has 0 aromatic rings. The molecule has 0 aromatic carbocycles. The third-order valence-electron chi connectivity index (χ3n) is 1.72. The molecule has 0 atom stereocenters. The number of nitrogens with one attached hydrogen (secondary N) is 2. The largest absolute Gasteiger partial charge is 0.329 e. The summed E-state index contributed by atoms with van der Waals surface area (Å²) in [6, 6.07) is 0. The lowest BCUT2D eigenvalue weighted by Crippen LogP contribution is -2.41. The summed E-state index contributed by atoms with van der Waals surface area (Å²) in [4.78, 5) is 0. The molecule has 0 bridgehead atoms. The van der Waals surface area contributed by atoms with Gasteiger partial charge < -0.3 is 11.1 Å². The highest BCUT2D eigenvalue weighted by Crippen LogP contribution is 1.77. The maximum atomic E-state index is 5.33. The first-order chi connectivity index (χ1) is 5.85. The number of hydrazine groups is 1. The van der Waals surface area contributed by atoms with Crippen molar-refractivity contribution in [1.82, 2.24) is 15.8 Å². The Morgan fingerprint density at radius 3 is 2.25 bits per heavy atom. The lowest BCUT2D eigenvalue weighted by molar-refractivity contribution is 0.210. The minimum absolute atomic E-state index is 0.714. The Morgan fingerprint density at radius 1 is 1.08 bits per heavy atom. The molecule has 0 aromatic heterocycles. The second-order valence-corrected chi connectivity index (χ2v) is 2.62. The molecule has 0 radical (unpaired) electrons. The summed E-state index contributed by atoms with van der Waals surface area (Å²) >= 11 is 0. The van der Waals surface area contributed by atoms with Gasteiger partial charge in [-0.1, -0.05) is 13.8 Å². The Hall–Kier alpha value is -0.160. The Morgan fingerprint density at radius 2 is 1.75 bits per heavy atom. The highest BCUT2D eigenvalue weighted by atomic mass is 15.5. The first kappa shape index (κ1) is 11.8. The number of hydrogen-bond donors (Lipinski definition) is 3. The fraction of sp³-hybridized carbons (Fsp3) is 1.00. The smallest absolute Gasteiger partial charge is 0.0227 e. The zero-order valence-corrected chi connectivity index (χ0v) is 8.27. The molecule has 0 rings (SSSR count). The molecule has 12 heavy (non-hydrogen) atoms. The molecular weight excluding hydrogens is 152 g/mol. The molecule has 4 heteroatoms. The van der Waals surface area contributed by atoms with Crippen LogP contribution >= 0.6 is 0 Å². The van der Waals surface area contributed by atoms with Crippen LogP contribution in [-0.2, 0) is 0 Å². The second-order valence-electron chi connectivity index (χ2n) is 2.62. The number of hydrogen-bond acceptors (Lipinski definition) is 4. The summed E-state index contributed by atoms with van der Waals surface area (Å²) in [6.45, 7) is 9.95. The monoisotopic (exact) mass is 174 g/mol. The van der Waals surface area contributed by atoms with E-state index in [0.717, 1.165) is 32.7 Å². The molecule has 0 saturated heterocycles. The van der Waals surface area contributed by atoms with Crippen LogP contribution in [0.15, 0.2) is 0 Å². The van der Waals surface area contributed by atoms with E-state index >= 15 is 0 Å². The average Bonchev–Trinajstić information content (AvgIpc) is 2.11. The number of nitrogens with zero attached hydrogens (tertiary/aromatic N) is 1. The van der Waals surface area contributed by atoms with Crippen LogP contribution in [0.4, 0.5) is 0 Å². The molecule has 74 valence electrons. The number of nitrogens with two attached hydrogens (primary N) is 1. The molecule has 0 unspecified atom stereocenters. The molecule has 0 aliphatic heterocycles. The molecule has 4 nitrogen and oxygen atoms in total. The van der Waals surface area contributed by atoms with Crippen molar-refractivity contribution >= 4 is 0 Å². The van der Waals surface area contributed by atoms with Crippen molar-refractivity contribution in [3.8, 4) is 0 Å². The van der Waals surface area contributed by atoms with E-state index in [9.17, 15) is 0 Å². The molecule has 0 saturated carbocycles. The fourth-order valence-electron chi connectivity index (χ4n) is 0.977. The molecule has 4 N–H and O–H groups in total. The van der Waals surface area contributed by atoms with E-state index in [1.54, 1.807) is 0 Å². The Labute approximate surface area is 75.5 Å². The zero-order chi connectivity index (χ0) is 9.23. The topological polar surface area (TPSA) is 53.3 Å². The first-order valence-electron chi connectivity index (χ1n) is 4.74. The van der Waals surface area contributed by atoms with Crippen LogP contribution in [0.2, 0.25) is 0 Å². The van der Waals surface area contributed by atoms with Crippen LogP contribution in [0, 0.1) is 0 Å². The summed E-state index contributed by atoms with van der Waals surface area (Å²) in [7, 11) is 0. The standard InChI is InChI=1S/C8H22N4/c1-3-12(4-2)11-8-7-10-6-5-9/h10-11H,3-9H2,1-2H3. The SMILES string of the molecule is CCN(CC)NCCNCCN. The summed E-state index contributed by atoms with van der Waals surface area (Å²) in [5.74, 6) is 0. The summed E-state index contributed by atoms with van der Waals surface area (Å²) in [6.07, 6.45) is 0. The van der Waals surface area contributed by atoms with E-state index in [0.29, 0.717) is 6.54 Å². The van der Waals surface area contributed by atoms with Gasteiger partial charge in [0.2, 0.25) is 0 Å². The summed E-state index contributed by atoms with van der Waals surface area (Å²) in [5.41, 5.74) is 8.64. The predicted molar refractivity (Wildman–Crippen MR) is 52.8 cm³/mol. The van der Waals surface area contributed by atoms with E-state index < -0.39 is 0 Å². The molecule has 0 fully saturated rings. The van der Waals surface area contributed by atoms with Crippen LogP contribution in [-0.4, -0.2) is 44.3 Å². The second kappa shape index (κ2) is 8.93. The third-order valence-corrected chi connectivity index (χ3v) is 1.72. The highest BCUT2D eigenvalue weighted by molar-refractivity contribution is 4.51. The van der Waals surface area contributed by atoms with Gasteiger partial charge in [-0.25, -0.2) is 5.01 Å². The van der Waals surface area contributed by atoms with Gasteiger partial charge in [0.15, 0.2) is 0 Å². The normalized spacial score (nSPS) is 11.0. The average molecular weight is 174 g/mol. The van der Waals surface area contributed by atoms with Crippen LogP contribution in [0.3, 0.4) is 0 Å². The van der Waals surface area contributed by atoms with Gasteiger partial charge in [0.25, 0.3) is 0 Å². The van der Waals surface area contributed by atoms with Gasteiger partial charge in [-0.05, 0) is 0 Å². The lowest BCUT2D eigenvalue weighted by Gasteiger charge is -2.19. The molecule has 0 spiro atoms. The van der Waals surface area contributed by atoms with E-state index in [2.05, 4.69) is 29.6 Å². The van der Waals surface area contributed by atoms with Crippen LogP contribution in [0.5, 0.6) is 0 Å². The maximum absolute atomic E-state index is 5.33. The lowest BCUT2D eigenvalue weighted by atomic mass is 10.5. The first-order valence-corrected chi connectivity index (χ1v) is 4.74. The van der Waals surface area contributed by atoms with E-state index in [1.165, 1.54) is 0 Å². The maximum Gasteiger partial charge on any atom is 0.0227 e. The summed E-state index contributed by atoms with van der Waals surface area (Å²) < 4.78 is 0. The molecular formula is C8H22N4. The van der Waals surface area contributed by atoms with Gasteiger partial charge in [0.05, 0.1) is 0 Å². The fourth-order valence-corrected chi connectivity index (χ4v) is 0.977. The van der Waals surface area contributed by atoms with Gasteiger partial charge in [0.1, 0.15) is 0 Å². The zero-order valence-electron chi connectivity index (χ0n) is 8.27. The van der Waals surface area contributed by atoms with Crippen LogP contribution < -0.4 is 16.5 Å². The van der Waals surface area contributed by atoms with E-state index in [4.69, 9.17) is 5.73 Å². The van der Waals surface area contributed by atoms with Crippen molar-refractivity contribution in [2.75, 3.05) is 39.3 Å². The van der Waals surface area contributed by atoms with Crippen molar-refractivity contribution in [3.63, 3.8) is 0 Å². The Balaban J connectivity index is 3.06. The van der Waals surface area contributed by atoms with E-state index in [-0.39, 0.29) is 0 Å². The minimum Gasteiger partial charge on any atom is -0.329 e. The quantitative estimate of drug-likeness (QED) is 0.339. The van der Waals surface area contributed by atoms with Gasteiger partial charge in [0, 0.05) is 39.3 Å². The minimum atomic E-state index is 0.714. The van der Waals surface area contributed by atoms with Crippen molar-refractivity contribution < 1.29 is 0 Å². The predicted octanol–water partition coefficient (Wildman–Crippen LogP) is -0.619. The van der Waals surface area contributed by atoms with Crippen LogP contribution in [0.25, 0.3) is 0 Å².